The maximum absolute atomic E-state index is 6.20. The Bertz CT molecular complexity index is 365. The second kappa shape index (κ2) is 7.10. The summed E-state index contributed by atoms with van der Waals surface area (Å²) < 4.78 is 5.33. The van der Waals surface area contributed by atoms with Gasteiger partial charge in [-0.05, 0) is 36.5 Å². The van der Waals surface area contributed by atoms with Gasteiger partial charge in [-0.3, -0.25) is 0 Å². The second-order valence-electron chi connectivity index (χ2n) is 4.54. The molecule has 4 heteroatoms. The van der Waals surface area contributed by atoms with Crippen molar-refractivity contribution >= 4 is 24.0 Å². The topological polar surface area (TPSA) is 35.2 Å². The molecule has 0 amide bonds. The average molecular weight is 278 g/mol. The van der Waals surface area contributed by atoms with Gasteiger partial charge in [0.2, 0.25) is 0 Å². The third-order valence-electron chi connectivity index (χ3n) is 2.52. The molecule has 0 saturated carbocycles. The van der Waals surface area contributed by atoms with Crippen molar-refractivity contribution < 1.29 is 4.74 Å². The van der Waals surface area contributed by atoms with Gasteiger partial charge in [0, 0.05) is 6.04 Å². The second-order valence-corrected chi connectivity index (χ2v) is 4.94. The lowest BCUT2D eigenvalue weighted by Crippen LogP contribution is -2.18. The molecule has 1 atom stereocenters. The van der Waals surface area contributed by atoms with E-state index in [0.717, 1.165) is 17.7 Å². The van der Waals surface area contributed by atoms with Gasteiger partial charge in [-0.25, -0.2) is 0 Å². The highest BCUT2D eigenvalue weighted by molar-refractivity contribution is 6.32. The highest BCUT2D eigenvalue weighted by Crippen LogP contribution is 2.34. The van der Waals surface area contributed by atoms with Crippen LogP contribution in [0.5, 0.6) is 5.75 Å². The van der Waals surface area contributed by atoms with Crippen molar-refractivity contribution in [1.82, 2.24) is 0 Å². The minimum absolute atomic E-state index is 0. The Kier molecular flexibility index (Phi) is 6.91. The first-order valence-electron chi connectivity index (χ1n) is 5.57. The molecule has 0 fully saturated rings. The summed E-state index contributed by atoms with van der Waals surface area (Å²) in [6.07, 6.45) is 0.837. The van der Waals surface area contributed by atoms with Gasteiger partial charge in [-0.15, -0.1) is 12.4 Å². The Balaban J connectivity index is 0.00000256. The van der Waals surface area contributed by atoms with Gasteiger partial charge >= 0.3 is 0 Å². The molecule has 2 N–H and O–H groups in total. The van der Waals surface area contributed by atoms with Crippen molar-refractivity contribution in [3.63, 3.8) is 0 Å². The Morgan fingerprint density at radius 2 is 1.88 bits per heavy atom. The van der Waals surface area contributed by atoms with Gasteiger partial charge in [0.15, 0.2) is 0 Å². The zero-order valence-corrected chi connectivity index (χ0v) is 12.4. The molecule has 1 rings (SSSR count). The van der Waals surface area contributed by atoms with Gasteiger partial charge < -0.3 is 10.5 Å². The Labute approximate surface area is 115 Å². The molecule has 0 aliphatic carbocycles. The van der Waals surface area contributed by atoms with E-state index in [9.17, 15) is 0 Å². The molecule has 0 heterocycles. The number of hydrogen-bond donors (Lipinski definition) is 1. The Morgan fingerprint density at radius 3 is 2.29 bits per heavy atom. The minimum Gasteiger partial charge on any atom is -0.495 e. The van der Waals surface area contributed by atoms with E-state index in [2.05, 4.69) is 19.9 Å². The molecule has 98 valence electrons. The van der Waals surface area contributed by atoms with E-state index in [1.807, 2.05) is 13.0 Å². The van der Waals surface area contributed by atoms with Crippen molar-refractivity contribution in [2.24, 2.45) is 5.73 Å². The summed E-state index contributed by atoms with van der Waals surface area (Å²) in [4.78, 5) is 0. The van der Waals surface area contributed by atoms with Crippen LogP contribution in [0.25, 0.3) is 0 Å². The summed E-state index contributed by atoms with van der Waals surface area (Å²) in [5.74, 6) is 1.17. The van der Waals surface area contributed by atoms with Gasteiger partial charge in [0.1, 0.15) is 5.75 Å². The summed E-state index contributed by atoms with van der Waals surface area (Å²) in [5.41, 5.74) is 8.11. The Hall–Kier alpha value is -0.440. The van der Waals surface area contributed by atoms with E-state index in [-0.39, 0.29) is 18.4 Å². The van der Waals surface area contributed by atoms with Crippen molar-refractivity contribution in [2.75, 3.05) is 7.11 Å². The predicted octanol–water partition coefficient (Wildman–Crippen LogP) is 3.78. The molecular weight excluding hydrogens is 257 g/mol. The molecule has 0 spiro atoms. The number of halogens is 2. The molecule has 0 bridgehead atoms. The SMILES string of the molecule is COc1c(Cl)cc(CC(C)N)cc1C(C)C.Cl. The normalized spacial score (nSPS) is 12.2. The molecule has 0 saturated heterocycles. The van der Waals surface area contributed by atoms with Gasteiger partial charge in [0.05, 0.1) is 12.1 Å². The molecule has 1 aromatic rings. The van der Waals surface area contributed by atoms with E-state index in [0.29, 0.717) is 10.9 Å². The van der Waals surface area contributed by atoms with Crippen molar-refractivity contribution in [2.45, 2.75) is 39.2 Å². The lowest BCUT2D eigenvalue weighted by molar-refractivity contribution is 0.407. The Morgan fingerprint density at radius 1 is 1.29 bits per heavy atom. The molecule has 0 aromatic heterocycles. The van der Waals surface area contributed by atoms with E-state index in [4.69, 9.17) is 22.1 Å². The number of hydrogen-bond acceptors (Lipinski definition) is 2. The lowest BCUT2D eigenvalue weighted by atomic mass is 9.97. The number of benzene rings is 1. The van der Waals surface area contributed by atoms with Crippen LogP contribution >= 0.6 is 24.0 Å². The van der Waals surface area contributed by atoms with Crippen molar-refractivity contribution in [1.29, 1.82) is 0 Å². The molecule has 0 aliphatic rings. The van der Waals surface area contributed by atoms with E-state index >= 15 is 0 Å². The summed E-state index contributed by atoms with van der Waals surface area (Å²) >= 11 is 6.20. The van der Waals surface area contributed by atoms with Crippen LogP contribution in [0, 0.1) is 0 Å². The first-order valence-corrected chi connectivity index (χ1v) is 5.95. The summed E-state index contributed by atoms with van der Waals surface area (Å²) in [6.45, 7) is 6.25. The molecule has 1 unspecified atom stereocenters. The standard InChI is InChI=1S/C13H20ClNO.ClH/c1-8(2)11-6-10(5-9(3)15)7-12(14)13(11)16-4;/h6-9H,5,15H2,1-4H3;1H. The van der Waals surface area contributed by atoms with Gasteiger partial charge in [-0.1, -0.05) is 31.5 Å². The molecule has 0 aliphatic heterocycles. The van der Waals surface area contributed by atoms with Crippen LogP contribution < -0.4 is 10.5 Å². The molecule has 17 heavy (non-hydrogen) atoms. The zero-order chi connectivity index (χ0) is 12.3. The monoisotopic (exact) mass is 277 g/mol. The van der Waals surface area contributed by atoms with E-state index in [1.165, 1.54) is 5.56 Å². The van der Waals surface area contributed by atoms with Crippen LogP contribution in [0.15, 0.2) is 12.1 Å². The van der Waals surface area contributed by atoms with Gasteiger partial charge in [-0.2, -0.15) is 0 Å². The van der Waals surface area contributed by atoms with Crippen molar-refractivity contribution in [3.05, 3.63) is 28.3 Å². The third kappa shape index (κ3) is 4.38. The summed E-state index contributed by atoms with van der Waals surface area (Å²) in [5, 5.41) is 0.671. The third-order valence-corrected chi connectivity index (χ3v) is 2.80. The maximum Gasteiger partial charge on any atom is 0.140 e. The number of nitrogens with two attached hydrogens (primary N) is 1. The molecule has 1 aromatic carbocycles. The fourth-order valence-corrected chi connectivity index (χ4v) is 2.13. The summed E-state index contributed by atoms with van der Waals surface area (Å²) in [6, 6.07) is 4.22. The highest BCUT2D eigenvalue weighted by Gasteiger charge is 2.13. The summed E-state index contributed by atoms with van der Waals surface area (Å²) in [7, 11) is 1.65. The van der Waals surface area contributed by atoms with Crippen LogP contribution in [-0.4, -0.2) is 13.2 Å². The fourth-order valence-electron chi connectivity index (χ4n) is 1.81. The number of methoxy groups -OCH3 is 1. The fraction of sp³-hybridized carbons (Fsp3) is 0.538. The molecule has 2 nitrogen and oxygen atoms in total. The largest absolute Gasteiger partial charge is 0.495 e. The first-order chi connectivity index (χ1) is 7.45. The highest BCUT2D eigenvalue weighted by atomic mass is 35.5. The zero-order valence-electron chi connectivity index (χ0n) is 10.8. The van der Waals surface area contributed by atoms with Crippen LogP contribution in [0.3, 0.4) is 0 Å². The lowest BCUT2D eigenvalue weighted by Gasteiger charge is -2.16. The smallest absolute Gasteiger partial charge is 0.140 e. The average Bonchev–Trinajstić information content (AvgIpc) is 2.15. The van der Waals surface area contributed by atoms with Gasteiger partial charge in [0.25, 0.3) is 0 Å². The minimum atomic E-state index is 0. The van der Waals surface area contributed by atoms with E-state index in [1.54, 1.807) is 7.11 Å². The number of ether oxygens (including phenoxy) is 1. The van der Waals surface area contributed by atoms with Crippen LogP contribution in [0.2, 0.25) is 5.02 Å². The first kappa shape index (κ1) is 16.6. The van der Waals surface area contributed by atoms with Crippen LogP contribution in [0.4, 0.5) is 0 Å². The van der Waals surface area contributed by atoms with Crippen molar-refractivity contribution in [3.8, 4) is 5.75 Å². The predicted molar refractivity (Wildman–Crippen MR) is 76.7 cm³/mol. The van der Waals surface area contributed by atoms with Crippen LogP contribution in [-0.2, 0) is 6.42 Å². The quantitative estimate of drug-likeness (QED) is 0.909. The number of rotatable bonds is 4. The maximum atomic E-state index is 6.20. The molecule has 0 radical (unpaired) electrons. The van der Waals surface area contributed by atoms with Crippen LogP contribution in [0.1, 0.15) is 37.8 Å². The molecular formula is C13H21Cl2NO. The van der Waals surface area contributed by atoms with E-state index < -0.39 is 0 Å².